The Hall–Kier alpha value is -2.10. The van der Waals surface area contributed by atoms with E-state index in [1.807, 2.05) is 20.8 Å². The van der Waals surface area contributed by atoms with Gasteiger partial charge in [0.2, 0.25) is 0 Å². The van der Waals surface area contributed by atoms with Gasteiger partial charge in [-0.05, 0) is 41.9 Å². The SMILES string of the molecule is CC(C)(C)[Si](C)(C)OC(C1=Nc2nccc(C(=O)Cc3ccc(F)c(Cl)c3)c2C1)C(F)(F)F. The number of aliphatic imine (C=N–C) groups is 1. The molecule has 0 spiro atoms. The predicted molar refractivity (Wildman–Crippen MR) is 123 cm³/mol. The second-order valence-corrected chi connectivity index (χ2v) is 14.8. The fourth-order valence-electron chi connectivity index (χ4n) is 3.25. The zero-order valence-corrected chi connectivity index (χ0v) is 20.7. The highest BCUT2D eigenvalue weighted by Gasteiger charge is 2.51. The fourth-order valence-corrected chi connectivity index (χ4v) is 4.66. The van der Waals surface area contributed by atoms with Gasteiger partial charge in [0, 0.05) is 30.2 Å². The number of hydrogen-bond donors (Lipinski definition) is 0. The minimum atomic E-state index is -4.66. The van der Waals surface area contributed by atoms with Crippen molar-refractivity contribution in [3.8, 4) is 0 Å². The van der Waals surface area contributed by atoms with Crippen LogP contribution >= 0.6 is 11.6 Å². The van der Waals surface area contributed by atoms with Crippen LogP contribution in [0.1, 0.15) is 42.3 Å². The highest BCUT2D eigenvalue weighted by molar-refractivity contribution is 6.74. The molecule has 2 aromatic rings. The van der Waals surface area contributed by atoms with Gasteiger partial charge in [-0.25, -0.2) is 14.4 Å². The van der Waals surface area contributed by atoms with Crippen LogP contribution in [0.15, 0.2) is 35.5 Å². The number of ketones is 1. The van der Waals surface area contributed by atoms with Crippen molar-refractivity contribution < 1.29 is 26.8 Å². The molecule has 4 nitrogen and oxygen atoms in total. The number of aromatic nitrogens is 1. The molecule has 1 aliphatic heterocycles. The first-order valence-electron chi connectivity index (χ1n) is 10.4. The Morgan fingerprint density at radius 1 is 1.21 bits per heavy atom. The molecule has 1 aromatic heterocycles. The largest absolute Gasteiger partial charge is 0.418 e. The summed E-state index contributed by atoms with van der Waals surface area (Å²) in [5.74, 6) is -0.863. The van der Waals surface area contributed by atoms with Gasteiger partial charge < -0.3 is 4.43 Å². The lowest BCUT2D eigenvalue weighted by molar-refractivity contribution is -0.176. The molecule has 0 radical (unpaired) electrons. The molecule has 1 aliphatic rings. The molecule has 2 heterocycles. The van der Waals surface area contributed by atoms with Crippen LogP contribution in [0, 0.1) is 5.82 Å². The van der Waals surface area contributed by atoms with Gasteiger partial charge >= 0.3 is 6.18 Å². The Labute approximate surface area is 196 Å². The van der Waals surface area contributed by atoms with Crippen molar-refractivity contribution in [1.29, 1.82) is 0 Å². The number of hydrogen-bond acceptors (Lipinski definition) is 4. The van der Waals surface area contributed by atoms with Gasteiger partial charge in [-0.2, -0.15) is 13.2 Å². The Morgan fingerprint density at radius 3 is 2.45 bits per heavy atom. The maximum absolute atomic E-state index is 14.0. The number of halogens is 5. The number of carbonyl (C=O) groups is 1. The minimum absolute atomic E-state index is 0.0843. The number of carbonyl (C=O) groups excluding carboxylic acids is 1. The molecule has 0 aliphatic carbocycles. The van der Waals surface area contributed by atoms with Gasteiger partial charge in [-0.3, -0.25) is 4.79 Å². The number of Topliss-reactive ketones (excluding diaryl/α,β-unsaturated/α-hetero) is 1. The number of rotatable bonds is 6. The molecule has 0 saturated carbocycles. The molecule has 0 bridgehead atoms. The molecule has 1 aromatic carbocycles. The Morgan fingerprint density at radius 2 is 1.88 bits per heavy atom. The van der Waals surface area contributed by atoms with E-state index in [0.717, 1.165) is 6.07 Å². The van der Waals surface area contributed by atoms with E-state index >= 15 is 0 Å². The van der Waals surface area contributed by atoms with Crippen molar-refractivity contribution in [1.82, 2.24) is 4.98 Å². The van der Waals surface area contributed by atoms with Crippen LogP contribution < -0.4 is 0 Å². The Balaban J connectivity index is 1.88. The molecule has 0 amide bonds. The first kappa shape index (κ1) is 25.5. The van der Waals surface area contributed by atoms with Gasteiger partial charge in [0.25, 0.3) is 0 Å². The van der Waals surface area contributed by atoms with Crippen molar-refractivity contribution in [2.75, 3.05) is 0 Å². The summed E-state index contributed by atoms with van der Waals surface area (Å²) >= 11 is 5.79. The third kappa shape index (κ3) is 5.52. The summed E-state index contributed by atoms with van der Waals surface area (Å²) in [6.07, 6.45) is -5.77. The summed E-state index contributed by atoms with van der Waals surface area (Å²) in [6.45, 7) is 9.07. The fraction of sp³-hybridized carbons (Fsp3) is 0.435. The van der Waals surface area contributed by atoms with E-state index < -0.39 is 31.5 Å². The van der Waals surface area contributed by atoms with Crippen molar-refractivity contribution in [3.63, 3.8) is 0 Å². The lowest BCUT2D eigenvalue weighted by Gasteiger charge is -2.39. The smallest absolute Gasteiger partial charge is 0.401 e. The van der Waals surface area contributed by atoms with E-state index in [-0.39, 0.29) is 40.7 Å². The monoisotopic (exact) mass is 500 g/mol. The zero-order chi connectivity index (χ0) is 24.8. The van der Waals surface area contributed by atoms with Crippen LogP contribution in [0.25, 0.3) is 0 Å². The third-order valence-electron chi connectivity index (χ3n) is 6.11. The van der Waals surface area contributed by atoms with Crippen LogP contribution in [-0.2, 0) is 17.3 Å². The molecule has 0 N–H and O–H groups in total. The quantitative estimate of drug-likeness (QED) is 0.247. The van der Waals surface area contributed by atoms with E-state index in [4.69, 9.17) is 16.0 Å². The molecule has 0 saturated heterocycles. The van der Waals surface area contributed by atoms with Gasteiger partial charge in [0.1, 0.15) is 5.82 Å². The summed E-state index contributed by atoms with van der Waals surface area (Å²) in [4.78, 5) is 21.1. The average Bonchev–Trinajstić information content (AvgIpc) is 3.11. The van der Waals surface area contributed by atoms with Crippen LogP contribution in [0.2, 0.25) is 23.2 Å². The summed E-state index contributed by atoms with van der Waals surface area (Å²) < 4.78 is 61.2. The molecule has 3 rings (SSSR count). The standard InChI is InChI=1S/C23H25ClF4N2O2Si/c1-22(2,3)33(4,5)32-20(23(26,27)28)18-12-15-14(8-9-29-21(15)30-18)19(31)11-13-6-7-17(25)16(24)10-13/h6-10,20H,11-12H2,1-5H3. The van der Waals surface area contributed by atoms with Crippen LogP contribution in [0.4, 0.5) is 23.4 Å². The topological polar surface area (TPSA) is 51.6 Å². The maximum atomic E-state index is 14.0. The van der Waals surface area contributed by atoms with E-state index in [0.29, 0.717) is 11.1 Å². The van der Waals surface area contributed by atoms with Crippen LogP contribution in [-0.4, -0.2) is 37.1 Å². The number of alkyl halides is 3. The van der Waals surface area contributed by atoms with Gasteiger partial charge in [-0.15, -0.1) is 0 Å². The minimum Gasteiger partial charge on any atom is -0.401 e. The first-order chi connectivity index (χ1) is 15.1. The maximum Gasteiger partial charge on any atom is 0.418 e. The molecule has 1 unspecified atom stereocenters. The second kappa shape index (κ2) is 8.92. The second-order valence-electron chi connectivity index (χ2n) is 9.59. The molecule has 10 heteroatoms. The van der Waals surface area contributed by atoms with Crippen LogP contribution in [0.5, 0.6) is 0 Å². The molecule has 0 fully saturated rings. The summed E-state index contributed by atoms with van der Waals surface area (Å²) in [5.41, 5.74) is 0.844. The number of benzene rings is 1. The predicted octanol–water partition coefficient (Wildman–Crippen LogP) is 6.88. The number of nitrogens with zero attached hydrogens (tertiary/aromatic N) is 2. The number of fused-ring (bicyclic) bond motifs is 1. The summed E-state index contributed by atoms with van der Waals surface area (Å²) in [6, 6.07) is 5.41. The zero-order valence-electron chi connectivity index (χ0n) is 19.0. The van der Waals surface area contributed by atoms with E-state index in [9.17, 15) is 22.4 Å². The molecule has 33 heavy (non-hydrogen) atoms. The van der Waals surface area contributed by atoms with Gasteiger partial charge in [-0.1, -0.05) is 38.4 Å². The third-order valence-corrected chi connectivity index (χ3v) is 10.8. The van der Waals surface area contributed by atoms with Crippen molar-refractivity contribution >= 4 is 37.2 Å². The highest BCUT2D eigenvalue weighted by atomic mass is 35.5. The van der Waals surface area contributed by atoms with E-state index in [2.05, 4.69) is 9.98 Å². The van der Waals surface area contributed by atoms with Crippen molar-refractivity contribution in [2.24, 2.45) is 4.99 Å². The highest BCUT2D eigenvalue weighted by Crippen LogP contribution is 2.41. The molecular weight excluding hydrogens is 476 g/mol. The lowest BCUT2D eigenvalue weighted by atomic mass is 9.97. The Kier molecular flexibility index (Phi) is 6.90. The molecular formula is C23H25ClF4N2O2Si. The normalized spacial score (nSPS) is 15.3. The van der Waals surface area contributed by atoms with Gasteiger partial charge in [0.15, 0.2) is 26.0 Å². The van der Waals surface area contributed by atoms with Crippen LogP contribution in [0.3, 0.4) is 0 Å². The Bertz CT molecular complexity index is 1110. The van der Waals surface area contributed by atoms with E-state index in [1.165, 1.54) is 24.4 Å². The average molecular weight is 501 g/mol. The van der Waals surface area contributed by atoms with Gasteiger partial charge in [0.05, 0.1) is 10.7 Å². The van der Waals surface area contributed by atoms with E-state index in [1.54, 1.807) is 13.1 Å². The summed E-state index contributed by atoms with van der Waals surface area (Å²) in [7, 11) is -2.78. The lowest BCUT2D eigenvalue weighted by Crippen LogP contribution is -2.51. The number of pyridine rings is 1. The molecule has 178 valence electrons. The van der Waals surface area contributed by atoms with Crippen molar-refractivity contribution in [3.05, 3.63) is 58.0 Å². The van der Waals surface area contributed by atoms with Crippen molar-refractivity contribution in [2.45, 2.75) is 64.0 Å². The first-order valence-corrected chi connectivity index (χ1v) is 13.7. The molecule has 1 atom stereocenters. The summed E-state index contributed by atoms with van der Waals surface area (Å²) in [5, 5.41) is -0.542.